The first-order valence-corrected chi connectivity index (χ1v) is 8.59. The maximum Gasteiger partial charge on any atom is 0.241 e. The molecule has 2 heterocycles. The van der Waals surface area contributed by atoms with Crippen molar-refractivity contribution < 1.29 is 17.9 Å². The lowest BCUT2D eigenvalue weighted by molar-refractivity contribution is 0.213. The van der Waals surface area contributed by atoms with Crippen molar-refractivity contribution in [1.82, 2.24) is 15.1 Å². The zero-order valence-electron chi connectivity index (χ0n) is 14.0. The lowest BCUT2D eigenvalue weighted by atomic mass is 10.0. The highest BCUT2D eigenvalue weighted by molar-refractivity contribution is 5.86. The van der Waals surface area contributed by atoms with Gasteiger partial charge in [0.15, 0.2) is 11.6 Å². The van der Waals surface area contributed by atoms with Crippen LogP contribution in [0.15, 0.2) is 36.4 Å². The molecule has 0 bridgehead atoms. The smallest absolute Gasteiger partial charge is 0.241 e. The Hall–Kier alpha value is -2.54. The summed E-state index contributed by atoms with van der Waals surface area (Å²) in [6.07, 6.45) is 2.10. The third-order valence-corrected chi connectivity index (χ3v) is 4.62. The molecule has 1 aromatic heterocycles. The molecular formula is C19H18F3N3O. The van der Waals surface area contributed by atoms with Crippen molar-refractivity contribution in [3.63, 3.8) is 0 Å². The van der Waals surface area contributed by atoms with Gasteiger partial charge in [0.2, 0.25) is 5.88 Å². The molecule has 1 unspecified atom stereocenters. The van der Waals surface area contributed by atoms with Gasteiger partial charge in [-0.2, -0.15) is 0 Å². The number of fused-ring (bicyclic) bond motifs is 1. The molecule has 0 saturated carbocycles. The molecule has 0 spiro atoms. The lowest BCUT2D eigenvalue weighted by Gasteiger charge is -2.22. The van der Waals surface area contributed by atoms with Crippen molar-refractivity contribution in [2.75, 3.05) is 19.7 Å². The monoisotopic (exact) mass is 361 g/mol. The van der Waals surface area contributed by atoms with Gasteiger partial charge in [0.1, 0.15) is 11.5 Å². The van der Waals surface area contributed by atoms with E-state index in [1.807, 2.05) is 0 Å². The third kappa shape index (κ3) is 3.14. The zero-order valence-corrected chi connectivity index (χ0v) is 14.0. The molecular weight excluding hydrogens is 343 g/mol. The van der Waals surface area contributed by atoms with Crippen LogP contribution in [0.1, 0.15) is 12.8 Å². The van der Waals surface area contributed by atoms with Crippen LogP contribution in [0.4, 0.5) is 13.2 Å². The SMILES string of the molecule is Fc1cc2c(OCC3CCCNC3)nn(-c3ccccc3F)c2cc1F. The molecule has 0 amide bonds. The molecule has 1 fully saturated rings. The topological polar surface area (TPSA) is 39.1 Å². The second kappa shape index (κ2) is 6.99. The van der Waals surface area contributed by atoms with Crippen LogP contribution in [0.2, 0.25) is 0 Å². The summed E-state index contributed by atoms with van der Waals surface area (Å²) in [5.41, 5.74) is 0.406. The molecule has 4 nitrogen and oxygen atoms in total. The molecule has 1 aliphatic heterocycles. The minimum atomic E-state index is -1.02. The highest BCUT2D eigenvalue weighted by Gasteiger charge is 2.20. The Morgan fingerprint density at radius 2 is 1.92 bits per heavy atom. The molecule has 1 aliphatic rings. The van der Waals surface area contributed by atoms with E-state index in [0.717, 1.165) is 38.1 Å². The number of hydrogen-bond acceptors (Lipinski definition) is 3. The van der Waals surface area contributed by atoms with E-state index < -0.39 is 17.5 Å². The fourth-order valence-electron chi connectivity index (χ4n) is 3.26. The number of aromatic nitrogens is 2. The Bertz CT molecular complexity index is 935. The van der Waals surface area contributed by atoms with Crippen molar-refractivity contribution in [1.29, 1.82) is 0 Å². The fraction of sp³-hybridized carbons (Fsp3) is 0.316. The first kappa shape index (κ1) is 16.9. The van der Waals surface area contributed by atoms with Crippen LogP contribution in [0.3, 0.4) is 0 Å². The summed E-state index contributed by atoms with van der Waals surface area (Å²) >= 11 is 0. The zero-order chi connectivity index (χ0) is 18.1. The van der Waals surface area contributed by atoms with Gasteiger partial charge in [0.25, 0.3) is 0 Å². The molecule has 4 rings (SSSR count). The maximum absolute atomic E-state index is 14.2. The summed E-state index contributed by atoms with van der Waals surface area (Å²) in [6.45, 7) is 2.25. The van der Waals surface area contributed by atoms with Crippen molar-refractivity contribution in [3.05, 3.63) is 53.8 Å². The number of halogens is 3. The fourth-order valence-corrected chi connectivity index (χ4v) is 3.26. The molecule has 1 N–H and O–H groups in total. The molecule has 2 aromatic carbocycles. The Balaban J connectivity index is 1.75. The summed E-state index contributed by atoms with van der Waals surface area (Å²) in [6, 6.07) is 8.08. The standard InChI is InChI=1S/C19H18F3N3O/c20-14-5-1-2-6-17(14)25-18-9-16(22)15(21)8-13(18)19(24-25)26-11-12-4-3-7-23-10-12/h1-2,5-6,8-9,12,23H,3-4,7,10-11H2. The van der Waals surface area contributed by atoms with Gasteiger partial charge in [0.05, 0.1) is 17.5 Å². The van der Waals surface area contributed by atoms with Gasteiger partial charge in [-0.1, -0.05) is 12.1 Å². The quantitative estimate of drug-likeness (QED) is 0.768. The van der Waals surface area contributed by atoms with E-state index >= 15 is 0 Å². The van der Waals surface area contributed by atoms with Gasteiger partial charge in [-0.15, -0.1) is 5.10 Å². The molecule has 26 heavy (non-hydrogen) atoms. The normalized spacial score (nSPS) is 17.6. The van der Waals surface area contributed by atoms with Crippen molar-refractivity contribution in [3.8, 4) is 11.6 Å². The number of hydrogen-bond donors (Lipinski definition) is 1. The first-order valence-electron chi connectivity index (χ1n) is 8.59. The van der Waals surface area contributed by atoms with Crippen LogP contribution in [0.5, 0.6) is 5.88 Å². The number of ether oxygens (including phenoxy) is 1. The summed E-state index contributed by atoms with van der Waals surface area (Å²) < 4.78 is 48.8. The minimum absolute atomic E-state index is 0.151. The minimum Gasteiger partial charge on any atom is -0.476 e. The number of rotatable bonds is 4. The molecule has 1 saturated heterocycles. The van der Waals surface area contributed by atoms with Crippen molar-refractivity contribution in [2.24, 2.45) is 5.92 Å². The van der Waals surface area contributed by atoms with Crippen LogP contribution < -0.4 is 10.1 Å². The maximum atomic E-state index is 14.2. The predicted octanol–water partition coefficient (Wildman–Crippen LogP) is 3.82. The van der Waals surface area contributed by atoms with E-state index in [1.54, 1.807) is 12.1 Å². The Kier molecular flexibility index (Phi) is 4.55. The van der Waals surface area contributed by atoms with Gasteiger partial charge in [-0.3, -0.25) is 0 Å². The number of nitrogens with zero attached hydrogens (tertiary/aromatic N) is 2. The number of para-hydroxylation sites is 1. The second-order valence-electron chi connectivity index (χ2n) is 6.48. The van der Waals surface area contributed by atoms with Crippen LogP contribution in [0.25, 0.3) is 16.6 Å². The van der Waals surface area contributed by atoms with E-state index in [1.165, 1.54) is 16.8 Å². The summed E-state index contributed by atoms with van der Waals surface area (Å²) in [5.74, 6) is -2.02. The van der Waals surface area contributed by atoms with Crippen LogP contribution in [0, 0.1) is 23.4 Å². The highest BCUT2D eigenvalue weighted by atomic mass is 19.2. The Morgan fingerprint density at radius 3 is 2.69 bits per heavy atom. The predicted molar refractivity (Wildman–Crippen MR) is 92.0 cm³/mol. The van der Waals surface area contributed by atoms with Gasteiger partial charge in [0, 0.05) is 18.5 Å². The number of benzene rings is 2. The number of piperidine rings is 1. The molecule has 0 radical (unpaired) electrons. The van der Waals surface area contributed by atoms with Crippen LogP contribution >= 0.6 is 0 Å². The lowest BCUT2D eigenvalue weighted by Crippen LogP contribution is -2.33. The van der Waals surface area contributed by atoms with E-state index in [2.05, 4.69) is 10.4 Å². The largest absolute Gasteiger partial charge is 0.476 e. The average molecular weight is 361 g/mol. The number of nitrogens with one attached hydrogen (secondary N) is 1. The molecule has 1 atom stereocenters. The molecule has 3 aromatic rings. The summed E-state index contributed by atoms with van der Waals surface area (Å²) in [5, 5.41) is 7.90. The average Bonchev–Trinajstić information content (AvgIpc) is 2.99. The summed E-state index contributed by atoms with van der Waals surface area (Å²) in [7, 11) is 0. The summed E-state index contributed by atoms with van der Waals surface area (Å²) in [4.78, 5) is 0. The van der Waals surface area contributed by atoms with Gasteiger partial charge >= 0.3 is 0 Å². The van der Waals surface area contributed by atoms with E-state index in [-0.39, 0.29) is 17.1 Å². The Morgan fingerprint density at radius 1 is 1.12 bits per heavy atom. The third-order valence-electron chi connectivity index (χ3n) is 4.62. The molecule has 7 heteroatoms. The van der Waals surface area contributed by atoms with Gasteiger partial charge in [-0.25, -0.2) is 17.9 Å². The van der Waals surface area contributed by atoms with Crippen LogP contribution in [-0.4, -0.2) is 29.5 Å². The van der Waals surface area contributed by atoms with Crippen LogP contribution in [-0.2, 0) is 0 Å². The second-order valence-corrected chi connectivity index (χ2v) is 6.48. The van der Waals surface area contributed by atoms with E-state index in [9.17, 15) is 13.2 Å². The Labute approximate surface area is 148 Å². The van der Waals surface area contributed by atoms with Gasteiger partial charge < -0.3 is 10.1 Å². The molecule has 136 valence electrons. The van der Waals surface area contributed by atoms with E-state index in [4.69, 9.17) is 4.74 Å². The van der Waals surface area contributed by atoms with E-state index in [0.29, 0.717) is 17.9 Å². The van der Waals surface area contributed by atoms with Crippen molar-refractivity contribution >= 4 is 10.9 Å². The van der Waals surface area contributed by atoms with Gasteiger partial charge in [-0.05, 0) is 37.6 Å². The molecule has 0 aliphatic carbocycles. The van der Waals surface area contributed by atoms with Crippen molar-refractivity contribution in [2.45, 2.75) is 12.8 Å². The highest BCUT2D eigenvalue weighted by Crippen LogP contribution is 2.30. The first-order chi connectivity index (χ1) is 12.6.